The number of carbonyl (C=O) groups is 2. The number of rotatable bonds is 5. The number of hydrogen-bond donors (Lipinski definition) is 1. The first-order valence-electron chi connectivity index (χ1n) is 12.1. The zero-order chi connectivity index (χ0) is 24.6. The molecule has 0 bridgehead atoms. The highest BCUT2D eigenvalue weighted by molar-refractivity contribution is 6.03. The smallest absolute Gasteiger partial charge is 0.328 e. The molecule has 1 amide bonds. The minimum atomic E-state index is -0.823. The van der Waals surface area contributed by atoms with E-state index in [9.17, 15) is 9.59 Å². The normalized spacial score (nSPS) is 13.2. The summed E-state index contributed by atoms with van der Waals surface area (Å²) in [6.45, 7) is 0. The number of fused-ring (bicyclic) bond motifs is 5. The molecule has 4 heteroatoms. The second-order valence-corrected chi connectivity index (χ2v) is 9.19. The highest BCUT2D eigenvalue weighted by Crippen LogP contribution is 2.44. The molecule has 1 atom stereocenters. The predicted octanol–water partition coefficient (Wildman–Crippen LogP) is 6.01. The Bertz CT molecular complexity index is 1540. The molecule has 0 saturated heterocycles. The molecule has 6 rings (SSSR count). The minimum Gasteiger partial charge on any atom is -0.467 e. The van der Waals surface area contributed by atoms with E-state index in [1.807, 2.05) is 72.8 Å². The fourth-order valence-electron chi connectivity index (χ4n) is 5.56. The van der Waals surface area contributed by atoms with Crippen molar-refractivity contribution >= 4 is 33.4 Å². The van der Waals surface area contributed by atoms with Gasteiger partial charge in [0, 0.05) is 6.42 Å². The van der Waals surface area contributed by atoms with Crippen LogP contribution < -0.4 is 5.32 Å². The summed E-state index contributed by atoms with van der Waals surface area (Å²) in [6.07, 6.45) is 0.330. The zero-order valence-electron chi connectivity index (χ0n) is 19.9. The molecule has 0 saturated carbocycles. The first kappa shape index (κ1) is 22.1. The molecule has 0 spiro atoms. The van der Waals surface area contributed by atoms with Crippen LogP contribution >= 0.6 is 0 Å². The van der Waals surface area contributed by atoms with Crippen molar-refractivity contribution in [2.75, 3.05) is 7.11 Å². The molecule has 0 aromatic heterocycles. The van der Waals surface area contributed by atoms with Crippen molar-refractivity contribution in [3.63, 3.8) is 0 Å². The molecule has 0 heterocycles. The molecule has 0 fully saturated rings. The Morgan fingerprint density at radius 2 is 1.25 bits per heavy atom. The summed E-state index contributed by atoms with van der Waals surface area (Å²) in [5.74, 6) is -1.14. The molecule has 0 aliphatic heterocycles. The lowest BCUT2D eigenvalue weighted by atomic mass is 9.91. The highest BCUT2D eigenvalue weighted by atomic mass is 16.5. The van der Waals surface area contributed by atoms with Crippen LogP contribution in [0.3, 0.4) is 0 Å². The number of benzene rings is 5. The van der Waals surface area contributed by atoms with Gasteiger partial charge in [0.25, 0.3) is 0 Å². The number of hydrogen-bond acceptors (Lipinski definition) is 3. The molecule has 5 aromatic rings. The number of amides is 1. The Morgan fingerprint density at radius 1 is 0.750 bits per heavy atom. The van der Waals surface area contributed by atoms with Crippen LogP contribution in [0.15, 0.2) is 103 Å². The molecule has 1 N–H and O–H groups in total. The molecule has 0 unspecified atom stereocenters. The predicted molar refractivity (Wildman–Crippen MR) is 143 cm³/mol. The first-order chi connectivity index (χ1) is 17.7. The van der Waals surface area contributed by atoms with Gasteiger partial charge < -0.3 is 10.1 Å². The summed E-state index contributed by atoms with van der Waals surface area (Å²) in [5, 5.41) is 7.38. The number of esters is 1. The van der Waals surface area contributed by atoms with Crippen molar-refractivity contribution in [3.05, 3.63) is 120 Å². The molecular weight excluding hydrogens is 446 g/mol. The summed E-state index contributed by atoms with van der Waals surface area (Å²) in [5.41, 5.74) is 5.04. The van der Waals surface area contributed by atoms with Crippen LogP contribution in [0.2, 0.25) is 0 Å². The van der Waals surface area contributed by atoms with Gasteiger partial charge in [-0.2, -0.15) is 0 Å². The molecule has 0 radical (unpaired) electrons. The van der Waals surface area contributed by atoms with Gasteiger partial charge in [-0.05, 0) is 55.4 Å². The molecule has 36 heavy (non-hydrogen) atoms. The summed E-state index contributed by atoms with van der Waals surface area (Å²) in [7, 11) is 1.36. The third-order valence-electron chi connectivity index (χ3n) is 7.19. The lowest BCUT2D eigenvalue weighted by molar-refractivity contribution is -0.145. The molecule has 176 valence electrons. The van der Waals surface area contributed by atoms with E-state index < -0.39 is 17.9 Å². The number of carbonyl (C=O) groups excluding carboxylic acids is 2. The summed E-state index contributed by atoms with van der Waals surface area (Å²) in [6, 6.07) is 33.6. The van der Waals surface area contributed by atoms with Crippen LogP contribution in [0.25, 0.3) is 32.7 Å². The first-order valence-corrected chi connectivity index (χ1v) is 12.1. The molecule has 5 aromatic carbocycles. The maximum absolute atomic E-state index is 13.8. The van der Waals surface area contributed by atoms with Gasteiger partial charge in [-0.3, -0.25) is 4.79 Å². The van der Waals surface area contributed by atoms with Crippen molar-refractivity contribution in [3.8, 4) is 11.1 Å². The van der Waals surface area contributed by atoms with Gasteiger partial charge in [0.05, 0.1) is 13.0 Å². The van der Waals surface area contributed by atoms with Crippen LogP contribution in [-0.2, 0) is 20.7 Å². The van der Waals surface area contributed by atoms with Gasteiger partial charge in [0.15, 0.2) is 0 Å². The van der Waals surface area contributed by atoms with Crippen LogP contribution in [0.4, 0.5) is 0 Å². The summed E-state index contributed by atoms with van der Waals surface area (Å²) < 4.78 is 5.16. The fourth-order valence-corrected chi connectivity index (χ4v) is 5.56. The van der Waals surface area contributed by atoms with Crippen molar-refractivity contribution in [1.82, 2.24) is 5.32 Å². The number of methoxy groups -OCH3 is 1. The molecule has 1 aliphatic carbocycles. The number of ether oxygens (including phenoxy) is 1. The largest absolute Gasteiger partial charge is 0.467 e. The Hall–Kier alpha value is -4.44. The van der Waals surface area contributed by atoms with Gasteiger partial charge in [0.1, 0.15) is 6.04 Å². The lowest BCUT2D eigenvalue weighted by Gasteiger charge is -2.22. The average molecular weight is 472 g/mol. The fraction of sp³-hybridized carbons (Fsp3) is 0.125. The van der Waals surface area contributed by atoms with Crippen molar-refractivity contribution < 1.29 is 14.3 Å². The minimum absolute atomic E-state index is 0.202. The van der Waals surface area contributed by atoms with E-state index in [0.29, 0.717) is 6.42 Å². The Balaban J connectivity index is 1.40. The quantitative estimate of drug-likeness (QED) is 0.252. The van der Waals surface area contributed by atoms with E-state index in [0.717, 1.165) is 49.4 Å². The van der Waals surface area contributed by atoms with Gasteiger partial charge in [-0.1, -0.05) is 97.1 Å². The Morgan fingerprint density at radius 3 is 1.81 bits per heavy atom. The molecular formula is C32H25NO3. The van der Waals surface area contributed by atoms with Gasteiger partial charge >= 0.3 is 5.97 Å². The van der Waals surface area contributed by atoms with Crippen LogP contribution in [0.1, 0.15) is 22.6 Å². The van der Waals surface area contributed by atoms with Gasteiger partial charge in [-0.25, -0.2) is 4.79 Å². The van der Waals surface area contributed by atoms with E-state index in [1.54, 1.807) is 0 Å². The molecule has 4 nitrogen and oxygen atoms in total. The summed E-state index contributed by atoms with van der Waals surface area (Å²) >= 11 is 0. The summed E-state index contributed by atoms with van der Waals surface area (Å²) in [4.78, 5) is 26.8. The van der Waals surface area contributed by atoms with Crippen LogP contribution in [0, 0.1) is 0 Å². The monoisotopic (exact) mass is 471 g/mol. The van der Waals surface area contributed by atoms with Crippen LogP contribution in [-0.4, -0.2) is 25.0 Å². The van der Waals surface area contributed by atoms with Gasteiger partial charge in [-0.15, -0.1) is 0 Å². The Labute approximate surface area is 209 Å². The number of nitrogens with one attached hydrogen (secondary N) is 1. The van der Waals surface area contributed by atoms with E-state index in [-0.39, 0.29) is 5.91 Å². The third kappa shape index (κ3) is 3.62. The second kappa shape index (κ2) is 8.97. The van der Waals surface area contributed by atoms with E-state index in [1.165, 1.54) is 7.11 Å². The zero-order valence-corrected chi connectivity index (χ0v) is 19.9. The van der Waals surface area contributed by atoms with Crippen molar-refractivity contribution in [2.45, 2.75) is 18.4 Å². The average Bonchev–Trinajstić information content (AvgIpc) is 3.26. The van der Waals surface area contributed by atoms with Crippen molar-refractivity contribution in [2.24, 2.45) is 0 Å². The van der Waals surface area contributed by atoms with E-state index >= 15 is 0 Å². The lowest BCUT2D eigenvalue weighted by Crippen LogP contribution is -2.45. The van der Waals surface area contributed by atoms with Crippen molar-refractivity contribution in [1.29, 1.82) is 0 Å². The van der Waals surface area contributed by atoms with E-state index in [4.69, 9.17) is 4.74 Å². The SMILES string of the molecule is COC(=O)[C@@H](Cc1c2ccccc2cc2ccccc12)NC(=O)C1c2ccccc2-c2ccccc21. The third-order valence-corrected chi connectivity index (χ3v) is 7.19. The maximum Gasteiger partial charge on any atom is 0.328 e. The second-order valence-electron chi connectivity index (χ2n) is 9.19. The highest BCUT2D eigenvalue weighted by Gasteiger charge is 2.35. The van der Waals surface area contributed by atoms with Gasteiger partial charge in [0.2, 0.25) is 5.91 Å². The maximum atomic E-state index is 13.8. The standard InChI is InChI=1S/C32H25NO3/c1-36-32(35)29(19-28-22-12-4-2-10-20(22)18-21-11-3-5-13-23(21)28)33-31(34)30-26-16-8-6-14-24(26)25-15-7-9-17-27(25)30/h2-18,29-30H,19H2,1H3,(H,33,34)/t29-/m1/s1. The van der Waals surface area contributed by atoms with E-state index in [2.05, 4.69) is 35.6 Å². The Kier molecular flexibility index (Phi) is 5.49. The topological polar surface area (TPSA) is 55.4 Å². The van der Waals surface area contributed by atoms with Crippen LogP contribution in [0.5, 0.6) is 0 Å². The molecule has 1 aliphatic rings.